The number of nitrogens with one attached hydrogen (secondary N) is 1. The maximum absolute atomic E-state index is 12.5. The van der Waals surface area contributed by atoms with Crippen molar-refractivity contribution in [3.8, 4) is 0 Å². The number of para-hydroxylation sites is 1. The van der Waals surface area contributed by atoms with Gasteiger partial charge in [0.1, 0.15) is 0 Å². The van der Waals surface area contributed by atoms with Gasteiger partial charge in [0.05, 0.1) is 5.92 Å². The summed E-state index contributed by atoms with van der Waals surface area (Å²) < 4.78 is 5.16. The molecule has 1 aliphatic heterocycles. The lowest BCUT2D eigenvalue weighted by molar-refractivity contribution is -0.151. The SMILES string of the molecule is Cc1cccc(C)c1N1C[C@H](C(=O)OCC(=O)Nc2cccc(Cl)c2C)CC1=O. The summed E-state index contributed by atoms with van der Waals surface area (Å²) in [5.41, 5.74) is 4.09. The van der Waals surface area contributed by atoms with Gasteiger partial charge in [0.15, 0.2) is 6.61 Å². The summed E-state index contributed by atoms with van der Waals surface area (Å²) in [7, 11) is 0. The van der Waals surface area contributed by atoms with E-state index < -0.39 is 24.4 Å². The molecule has 29 heavy (non-hydrogen) atoms. The zero-order valence-corrected chi connectivity index (χ0v) is 17.4. The first-order valence-corrected chi connectivity index (χ1v) is 9.74. The maximum atomic E-state index is 12.5. The van der Waals surface area contributed by atoms with Gasteiger partial charge in [0.25, 0.3) is 5.91 Å². The van der Waals surface area contributed by atoms with Crippen molar-refractivity contribution in [1.82, 2.24) is 0 Å². The van der Waals surface area contributed by atoms with Crippen LogP contribution in [0, 0.1) is 26.7 Å². The first-order chi connectivity index (χ1) is 13.8. The monoisotopic (exact) mass is 414 g/mol. The average molecular weight is 415 g/mol. The molecule has 1 aliphatic rings. The second-order valence-corrected chi connectivity index (χ2v) is 7.62. The van der Waals surface area contributed by atoms with E-state index in [0.717, 1.165) is 22.4 Å². The number of anilines is 2. The Morgan fingerprint density at radius 3 is 2.48 bits per heavy atom. The Morgan fingerprint density at radius 1 is 1.14 bits per heavy atom. The molecule has 1 atom stereocenters. The van der Waals surface area contributed by atoms with Gasteiger partial charge in [-0.2, -0.15) is 0 Å². The molecule has 6 nitrogen and oxygen atoms in total. The van der Waals surface area contributed by atoms with Gasteiger partial charge in [-0.05, 0) is 49.6 Å². The van der Waals surface area contributed by atoms with Crippen LogP contribution < -0.4 is 10.2 Å². The zero-order valence-electron chi connectivity index (χ0n) is 16.6. The molecular weight excluding hydrogens is 392 g/mol. The topological polar surface area (TPSA) is 75.7 Å². The molecule has 0 spiro atoms. The number of aryl methyl sites for hydroxylation is 2. The van der Waals surface area contributed by atoms with Crippen molar-refractivity contribution in [3.63, 3.8) is 0 Å². The van der Waals surface area contributed by atoms with Gasteiger partial charge in [0.2, 0.25) is 5.91 Å². The maximum Gasteiger partial charge on any atom is 0.311 e. The number of rotatable bonds is 5. The van der Waals surface area contributed by atoms with E-state index in [1.807, 2.05) is 32.0 Å². The van der Waals surface area contributed by atoms with E-state index in [4.69, 9.17) is 16.3 Å². The molecule has 7 heteroatoms. The van der Waals surface area contributed by atoms with Crippen LogP contribution in [0.2, 0.25) is 5.02 Å². The van der Waals surface area contributed by atoms with E-state index in [1.54, 1.807) is 30.0 Å². The molecule has 0 radical (unpaired) electrons. The number of nitrogens with zero attached hydrogens (tertiary/aromatic N) is 1. The number of carbonyl (C=O) groups is 3. The zero-order chi connectivity index (χ0) is 21.1. The summed E-state index contributed by atoms with van der Waals surface area (Å²) in [6.45, 7) is 5.49. The lowest BCUT2D eigenvalue weighted by Crippen LogP contribution is -2.29. The van der Waals surface area contributed by atoms with Crippen LogP contribution in [0.1, 0.15) is 23.1 Å². The highest BCUT2D eigenvalue weighted by Gasteiger charge is 2.37. The molecule has 0 bridgehead atoms. The van der Waals surface area contributed by atoms with E-state index in [9.17, 15) is 14.4 Å². The number of halogens is 1. The molecule has 1 N–H and O–H groups in total. The molecule has 152 valence electrons. The van der Waals surface area contributed by atoms with Gasteiger partial charge in [-0.3, -0.25) is 14.4 Å². The molecule has 3 rings (SSSR count). The van der Waals surface area contributed by atoms with Crippen molar-refractivity contribution in [3.05, 3.63) is 58.1 Å². The van der Waals surface area contributed by atoms with Crippen LogP contribution >= 0.6 is 11.6 Å². The number of hydrogen-bond acceptors (Lipinski definition) is 4. The molecule has 0 unspecified atom stereocenters. The Kier molecular flexibility index (Phi) is 6.23. The summed E-state index contributed by atoms with van der Waals surface area (Å²) in [5.74, 6) is -1.73. The van der Waals surface area contributed by atoms with E-state index in [2.05, 4.69) is 5.32 Å². The first kappa shape index (κ1) is 20.9. The Hall–Kier alpha value is -2.86. The fraction of sp³-hybridized carbons (Fsp3) is 0.318. The van der Waals surface area contributed by atoms with Crippen LogP contribution in [-0.4, -0.2) is 30.9 Å². The molecule has 1 saturated heterocycles. The van der Waals surface area contributed by atoms with Crippen LogP contribution in [-0.2, 0) is 19.1 Å². The molecule has 0 aliphatic carbocycles. The van der Waals surface area contributed by atoms with Crippen LogP contribution in [0.5, 0.6) is 0 Å². The highest BCUT2D eigenvalue weighted by atomic mass is 35.5. The van der Waals surface area contributed by atoms with Crippen molar-refractivity contribution < 1.29 is 19.1 Å². The first-order valence-electron chi connectivity index (χ1n) is 9.36. The second-order valence-electron chi connectivity index (χ2n) is 7.21. The summed E-state index contributed by atoms with van der Waals surface area (Å²) in [4.78, 5) is 38.6. The van der Waals surface area contributed by atoms with Gasteiger partial charge < -0.3 is 15.0 Å². The number of ether oxygens (including phenoxy) is 1. The van der Waals surface area contributed by atoms with Gasteiger partial charge >= 0.3 is 5.97 Å². The van der Waals surface area contributed by atoms with Crippen molar-refractivity contribution in [2.45, 2.75) is 27.2 Å². The predicted octanol–water partition coefficient (Wildman–Crippen LogP) is 3.80. The highest BCUT2D eigenvalue weighted by molar-refractivity contribution is 6.31. The molecule has 2 aromatic carbocycles. The molecule has 2 aromatic rings. The van der Waals surface area contributed by atoms with E-state index in [0.29, 0.717) is 10.7 Å². The van der Waals surface area contributed by atoms with E-state index >= 15 is 0 Å². The minimum absolute atomic E-state index is 0.0711. The predicted molar refractivity (Wildman–Crippen MR) is 112 cm³/mol. The number of esters is 1. The molecule has 2 amide bonds. The molecule has 1 fully saturated rings. The third-order valence-corrected chi connectivity index (χ3v) is 5.46. The quantitative estimate of drug-likeness (QED) is 0.755. The fourth-order valence-corrected chi connectivity index (χ4v) is 3.67. The van der Waals surface area contributed by atoms with Gasteiger partial charge in [-0.15, -0.1) is 0 Å². The van der Waals surface area contributed by atoms with Gasteiger partial charge in [-0.1, -0.05) is 35.9 Å². The van der Waals surface area contributed by atoms with Crippen molar-refractivity contribution in [2.24, 2.45) is 5.92 Å². The number of carbonyl (C=O) groups excluding carboxylic acids is 3. The highest BCUT2D eigenvalue weighted by Crippen LogP contribution is 2.31. The van der Waals surface area contributed by atoms with Crippen LogP contribution in [0.3, 0.4) is 0 Å². The summed E-state index contributed by atoms with van der Waals surface area (Å²) in [5, 5.41) is 3.22. The summed E-state index contributed by atoms with van der Waals surface area (Å²) in [6.07, 6.45) is 0.0711. The van der Waals surface area contributed by atoms with Crippen LogP contribution in [0.4, 0.5) is 11.4 Å². The summed E-state index contributed by atoms with van der Waals surface area (Å²) >= 11 is 6.04. The smallest absolute Gasteiger partial charge is 0.311 e. The number of hydrogen-bond donors (Lipinski definition) is 1. The van der Waals surface area contributed by atoms with Crippen molar-refractivity contribution in [2.75, 3.05) is 23.4 Å². The Balaban J connectivity index is 1.58. The number of benzene rings is 2. The Bertz CT molecular complexity index is 953. The Morgan fingerprint density at radius 2 is 1.79 bits per heavy atom. The number of amides is 2. The molecule has 0 saturated carbocycles. The molecule has 1 heterocycles. The van der Waals surface area contributed by atoms with Crippen LogP contribution in [0.25, 0.3) is 0 Å². The normalized spacial score (nSPS) is 16.1. The lowest BCUT2D eigenvalue weighted by Gasteiger charge is -2.21. The second kappa shape index (κ2) is 8.66. The van der Waals surface area contributed by atoms with E-state index in [-0.39, 0.29) is 18.9 Å². The fourth-order valence-electron chi connectivity index (χ4n) is 3.50. The average Bonchev–Trinajstić information content (AvgIpc) is 3.05. The van der Waals surface area contributed by atoms with Gasteiger partial charge in [0, 0.05) is 29.4 Å². The minimum atomic E-state index is -0.595. The summed E-state index contributed by atoms with van der Waals surface area (Å²) in [6, 6.07) is 11.0. The molecule has 0 aromatic heterocycles. The molecular formula is C22H23ClN2O4. The standard InChI is InChI=1S/C22H23ClN2O4/c1-13-6-4-7-14(2)21(13)25-11-16(10-20(25)27)22(28)29-12-19(26)24-18-9-5-8-17(23)15(18)3/h4-9,16H,10-12H2,1-3H3,(H,24,26)/t16-/m1/s1. The third-order valence-electron chi connectivity index (χ3n) is 5.06. The Labute approximate surface area is 174 Å². The third kappa shape index (κ3) is 4.59. The van der Waals surface area contributed by atoms with Crippen LogP contribution in [0.15, 0.2) is 36.4 Å². The van der Waals surface area contributed by atoms with Crippen molar-refractivity contribution >= 4 is 40.8 Å². The largest absolute Gasteiger partial charge is 0.455 e. The van der Waals surface area contributed by atoms with Gasteiger partial charge in [-0.25, -0.2) is 0 Å². The van der Waals surface area contributed by atoms with Crippen molar-refractivity contribution in [1.29, 1.82) is 0 Å². The van der Waals surface area contributed by atoms with E-state index in [1.165, 1.54) is 0 Å². The minimum Gasteiger partial charge on any atom is -0.455 e. The lowest BCUT2D eigenvalue weighted by atomic mass is 10.1.